The second kappa shape index (κ2) is 9.06. The van der Waals surface area contributed by atoms with Crippen LogP contribution in [0.25, 0.3) is 11.0 Å². The highest BCUT2D eigenvalue weighted by Crippen LogP contribution is 2.28. The van der Waals surface area contributed by atoms with Crippen LogP contribution in [0.1, 0.15) is 52.9 Å². The molecule has 0 bridgehead atoms. The molecule has 1 amide bonds. The topological polar surface area (TPSA) is 98.3 Å². The van der Waals surface area contributed by atoms with Crippen molar-refractivity contribution in [3.63, 3.8) is 0 Å². The van der Waals surface area contributed by atoms with Crippen LogP contribution < -0.4 is 5.14 Å². The summed E-state index contributed by atoms with van der Waals surface area (Å²) in [5, 5.41) is 6.00. The van der Waals surface area contributed by atoms with Crippen molar-refractivity contribution in [3.05, 3.63) is 18.2 Å². The fourth-order valence-electron chi connectivity index (χ4n) is 4.02. The summed E-state index contributed by atoms with van der Waals surface area (Å²) in [6.07, 6.45) is 5.27. The SMILES string of the molecule is CCCCn1c(SCC(=O)N2[C@@H](C)CCC[C@@H]2C)nc2cc(S(N)(=O)=O)ccc21. The van der Waals surface area contributed by atoms with E-state index in [2.05, 4.69) is 30.3 Å². The molecule has 0 radical (unpaired) electrons. The molecule has 7 nitrogen and oxygen atoms in total. The van der Waals surface area contributed by atoms with Crippen LogP contribution in [0.4, 0.5) is 0 Å². The van der Waals surface area contributed by atoms with Gasteiger partial charge in [-0.2, -0.15) is 0 Å². The molecule has 0 spiro atoms. The summed E-state index contributed by atoms with van der Waals surface area (Å²) in [5.41, 5.74) is 1.45. The molecule has 1 aromatic heterocycles. The van der Waals surface area contributed by atoms with E-state index in [-0.39, 0.29) is 22.9 Å². The molecule has 3 rings (SSSR count). The molecule has 29 heavy (non-hydrogen) atoms. The lowest BCUT2D eigenvalue weighted by atomic mass is 9.98. The molecule has 1 saturated heterocycles. The second-order valence-corrected chi connectivity index (χ2v) is 10.3. The number of carbonyl (C=O) groups excluding carboxylic acids is 1. The minimum Gasteiger partial charge on any atom is -0.337 e. The molecule has 2 atom stereocenters. The van der Waals surface area contributed by atoms with Gasteiger partial charge in [0.05, 0.1) is 21.7 Å². The first-order valence-corrected chi connectivity index (χ1v) is 12.7. The van der Waals surface area contributed by atoms with Gasteiger partial charge in [-0.15, -0.1) is 0 Å². The molecule has 0 aliphatic carbocycles. The van der Waals surface area contributed by atoms with Crippen molar-refractivity contribution < 1.29 is 13.2 Å². The first-order chi connectivity index (χ1) is 13.7. The quantitative estimate of drug-likeness (QED) is 0.668. The second-order valence-electron chi connectivity index (χ2n) is 7.81. The number of amides is 1. The number of thioether (sulfide) groups is 1. The molecule has 1 aliphatic rings. The maximum absolute atomic E-state index is 12.9. The fourth-order valence-corrected chi connectivity index (χ4v) is 5.46. The molecule has 2 N–H and O–H groups in total. The van der Waals surface area contributed by atoms with Crippen LogP contribution in [-0.4, -0.2) is 46.6 Å². The van der Waals surface area contributed by atoms with E-state index in [1.165, 1.54) is 30.3 Å². The molecular formula is C20H30N4O3S2. The van der Waals surface area contributed by atoms with E-state index in [9.17, 15) is 13.2 Å². The lowest BCUT2D eigenvalue weighted by Crippen LogP contribution is -2.48. The third kappa shape index (κ3) is 4.95. The van der Waals surface area contributed by atoms with Gasteiger partial charge in [0.1, 0.15) is 0 Å². The molecular weight excluding hydrogens is 408 g/mol. The zero-order chi connectivity index (χ0) is 21.2. The highest BCUT2D eigenvalue weighted by atomic mass is 32.2. The summed E-state index contributed by atoms with van der Waals surface area (Å²) in [7, 11) is -3.78. The Morgan fingerprint density at radius 3 is 2.59 bits per heavy atom. The number of hydrogen-bond donors (Lipinski definition) is 1. The van der Waals surface area contributed by atoms with E-state index in [4.69, 9.17) is 5.14 Å². The van der Waals surface area contributed by atoms with Gasteiger partial charge in [-0.3, -0.25) is 4.79 Å². The standard InChI is InChI=1S/C20H30N4O3S2/c1-4-5-11-23-18-10-9-16(29(21,26)27)12-17(18)22-20(23)28-13-19(25)24-14(2)7-6-8-15(24)3/h9-10,12,14-15H,4-8,11,13H2,1-3H3,(H2,21,26,27)/t14-,15-/m0/s1. The zero-order valence-electron chi connectivity index (χ0n) is 17.3. The minimum absolute atomic E-state index is 0.0498. The van der Waals surface area contributed by atoms with Crippen LogP contribution >= 0.6 is 11.8 Å². The van der Waals surface area contributed by atoms with Crippen molar-refractivity contribution >= 4 is 38.7 Å². The van der Waals surface area contributed by atoms with Gasteiger partial charge in [0.2, 0.25) is 15.9 Å². The van der Waals surface area contributed by atoms with Crippen LogP contribution in [0.2, 0.25) is 0 Å². The van der Waals surface area contributed by atoms with Crippen molar-refractivity contribution in [2.75, 3.05) is 5.75 Å². The van der Waals surface area contributed by atoms with Crippen molar-refractivity contribution in [1.29, 1.82) is 0 Å². The molecule has 2 heterocycles. The zero-order valence-corrected chi connectivity index (χ0v) is 18.9. The number of imidazole rings is 1. The Morgan fingerprint density at radius 1 is 1.28 bits per heavy atom. The molecule has 0 saturated carbocycles. The Bertz CT molecular complexity index is 977. The number of sulfonamides is 1. The summed E-state index contributed by atoms with van der Waals surface area (Å²) in [5.74, 6) is 0.459. The smallest absolute Gasteiger partial charge is 0.238 e. The number of likely N-dealkylation sites (tertiary alicyclic amines) is 1. The highest BCUT2D eigenvalue weighted by Gasteiger charge is 2.29. The Morgan fingerprint density at radius 2 is 1.97 bits per heavy atom. The normalized spacial score (nSPS) is 20.3. The first-order valence-electron chi connectivity index (χ1n) is 10.2. The number of rotatable bonds is 7. The molecule has 0 unspecified atom stereocenters. The van der Waals surface area contributed by atoms with E-state index in [0.717, 1.165) is 42.9 Å². The van der Waals surface area contributed by atoms with Crippen molar-refractivity contribution in [3.8, 4) is 0 Å². The number of aryl methyl sites for hydroxylation is 1. The van der Waals surface area contributed by atoms with Crippen molar-refractivity contribution in [1.82, 2.24) is 14.5 Å². The molecule has 160 valence electrons. The Kier molecular flexibility index (Phi) is 6.90. The van der Waals surface area contributed by atoms with Gasteiger partial charge in [-0.1, -0.05) is 25.1 Å². The largest absolute Gasteiger partial charge is 0.337 e. The molecule has 9 heteroatoms. The maximum atomic E-state index is 12.9. The van der Waals surface area contributed by atoms with Gasteiger partial charge < -0.3 is 9.47 Å². The van der Waals surface area contributed by atoms with E-state index in [1.807, 2.05) is 4.90 Å². The maximum Gasteiger partial charge on any atom is 0.238 e. The Balaban J connectivity index is 1.86. The number of primary sulfonamides is 1. The summed E-state index contributed by atoms with van der Waals surface area (Å²) in [4.78, 5) is 19.6. The average Bonchev–Trinajstić information content (AvgIpc) is 3.00. The summed E-state index contributed by atoms with van der Waals surface area (Å²) >= 11 is 1.42. The van der Waals surface area contributed by atoms with Crippen LogP contribution in [0, 0.1) is 0 Å². The number of carbonyl (C=O) groups is 1. The van der Waals surface area contributed by atoms with E-state index < -0.39 is 10.0 Å². The first kappa shape index (κ1) is 22.1. The van der Waals surface area contributed by atoms with Gasteiger partial charge in [-0.05, 0) is 57.7 Å². The number of nitrogens with two attached hydrogens (primary N) is 1. The molecule has 1 fully saturated rings. The Hall–Kier alpha value is -1.58. The Labute approximate surface area is 177 Å². The van der Waals surface area contributed by atoms with E-state index >= 15 is 0 Å². The predicted molar refractivity (Wildman–Crippen MR) is 116 cm³/mol. The number of unbranched alkanes of at least 4 members (excludes halogenated alkanes) is 1. The lowest BCUT2D eigenvalue weighted by Gasteiger charge is -2.39. The van der Waals surface area contributed by atoms with Crippen molar-refractivity contribution in [2.45, 2.75) is 81.6 Å². The van der Waals surface area contributed by atoms with Crippen LogP contribution in [-0.2, 0) is 21.4 Å². The summed E-state index contributed by atoms with van der Waals surface area (Å²) in [6.45, 7) is 7.12. The number of aromatic nitrogens is 2. The third-order valence-corrected chi connectivity index (χ3v) is 7.43. The van der Waals surface area contributed by atoms with Crippen LogP contribution in [0.15, 0.2) is 28.3 Å². The molecule has 1 aromatic carbocycles. The third-order valence-electron chi connectivity index (χ3n) is 5.55. The molecule has 2 aromatic rings. The van der Waals surface area contributed by atoms with Gasteiger partial charge in [0.15, 0.2) is 5.16 Å². The predicted octanol–water partition coefficient (Wildman–Crippen LogP) is 3.37. The van der Waals surface area contributed by atoms with Crippen LogP contribution in [0.5, 0.6) is 0 Å². The van der Waals surface area contributed by atoms with Crippen LogP contribution in [0.3, 0.4) is 0 Å². The minimum atomic E-state index is -3.78. The monoisotopic (exact) mass is 438 g/mol. The number of fused-ring (bicyclic) bond motifs is 1. The average molecular weight is 439 g/mol. The van der Waals surface area contributed by atoms with E-state index in [0.29, 0.717) is 11.3 Å². The van der Waals surface area contributed by atoms with E-state index in [1.54, 1.807) is 6.07 Å². The number of hydrogen-bond acceptors (Lipinski definition) is 5. The summed E-state index contributed by atoms with van der Waals surface area (Å²) in [6, 6.07) is 5.30. The van der Waals surface area contributed by atoms with Gasteiger partial charge in [-0.25, -0.2) is 18.5 Å². The van der Waals surface area contributed by atoms with Gasteiger partial charge >= 0.3 is 0 Å². The molecule has 1 aliphatic heterocycles. The lowest BCUT2D eigenvalue weighted by molar-refractivity contribution is -0.134. The van der Waals surface area contributed by atoms with Gasteiger partial charge in [0.25, 0.3) is 0 Å². The van der Waals surface area contributed by atoms with Crippen molar-refractivity contribution in [2.24, 2.45) is 5.14 Å². The van der Waals surface area contributed by atoms with Gasteiger partial charge in [0, 0.05) is 18.6 Å². The highest BCUT2D eigenvalue weighted by molar-refractivity contribution is 7.99. The number of benzene rings is 1. The number of nitrogens with zero attached hydrogens (tertiary/aromatic N) is 3. The summed E-state index contributed by atoms with van der Waals surface area (Å²) < 4.78 is 25.4. The fraction of sp³-hybridized carbons (Fsp3) is 0.600. The number of piperidine rings is 1.